The molecule has 2 N–H and O–H groups in total. The van der Waals surface area contributed by atoms with E-state index >= 15 is 0 Å². The Morgan fingerprint density at radius 2 is 1.96 bits per heavy atom. The number of hydrogen-bond donors (Lipinski definition) is 1. The number of hydrogen-bond acceptors (Lipinski definition) is 6. The predicted molar refractivity (Wildman–Crippen MR) is 108 cm³/mol. The molecule has 0 unspecified atom stereocenters. The van der Waals surface area contributed by atoms with E-state index in [9.17, 15) is 0 Å². The minimum atomic E-state index is 0.338. The fraction of sp³-hybridized carbons (Fsp3) is 0.316. The lowest BCUT2D eigenvalue weighted by Gasteiger charge is -2.35. The Kier molecular flexibility index (Phi) is 5.06. The largest absolute Gasteiger partial charge is 0.439 e. The van der Waals surface area contributed by atoms with Gasteiger partial charge in [-0.3, -0.25) is 0 Å². The molecular formula is C19H22N6OS. The number of rotatable bonds is 4. The number of thiazole rings is 1. The number of anilines is 1. The van der Waals surface area contributed by atoms with E-state index in [2.05, 4.69) is 43.8 Å². The highest BCUT2D eigenvalue weighted by Crippen LogP contribution is 2.21. The third-order valence-electron chi connectivity index (χ3n) is 4.56. The monoisotopic (exact) mass is 382 g/mol. The van der Waals surface area contributed by atoms with Gasteiger partial charge in [-0.15, -0.1) is 11.3 Å². The molecule has 3 heterocycles. The van der Waals surface area contributed by atoms with E-state index in [0.717, 1.165) is 42.6 Å². The van der Waals surface area contributed by atoms with Gasteiger partial charge in [-0.25, -0.2) is 15.0 Å². The summed E-state index contributed by atoms with van der Waals surface area (Å²) in [5.74, 6) is 1.84. The summed E-state index contributed by atoms with van der Waals surface area (Å²) in [5.41, 5.74) is 8.39. The molecule has 3 aromatic rings. The fourth-order valence-corrected chi connectivity index (χ4v) is 3.68. The van der Waals surface area contributed by atoms with Gasteiger partial charge < -0.3 is 20.0 Å². The highest BCUT2D eigenvalue weighted by molar-refractivity contribution is 7.13. The first-order valence-electron chi connectivity index (χ1n) is 8.90. The molecule has 27 heavy (non-hydrogen) atoms. The van der Waals surface area contributed by atoms with Crippen LogP contribution < -0.4 is 10.6 Å². The van der Waals surface area contributed by atoms with Gasteiger partial charge in [0, 0.05) is 43.3 Å². The Balaban J connectivity index is 1.34. The number of nitrogens with zero attached hydrogens (tertiary/aromatic N) is 5. The molecule has 140 valence electrons. The van der Waals surface area contributed by atoms with Gasteiger partial charge in [0.25, 0.3) is 0 Å². The molecule has 0 amide bonds. The summed E-state index contributed by atoms with van der Waals surface area (Å²) in [7, 11) is 0. The normalized spacial score (nSPS) is 15.4. The maximum atomic E-state index is 6.17. The molecule has 8 heteroatoms. The van der Waals surface area contributed by atoms with Gasteiger partial charge >= 0.3 is 0 Å². The number of piperazine rings is 1. The molecule has 2 aromatic heterocycles. The molecule has 1 aromatic carbocycles. The van der Waals surface area contributed by atoms with Gasteiger partial charge in [0.1, 0.15) is 6.54 Å². The van der Waals surface area contributed by atoms with Crippen molar-refractivity contribution in [2.45, 2.75) is 13.5 Å². The first-order chi connectivity index (χ1) is 13.2. The van der Waals surface area contributed by atoms with Crippen molar-refractivity contribution >= 4 is 22.4 Å². The van der Waals surface area contributed by atoms with Crippen LogP contribution in [-0.2, 0) is 6.54 Å². The Bertz CT molecular complexity index is 895. The third-order valence-corrected chi connectivity index (χ3v) is 5.39. The van der Waals surface area contributed by atoms with E-state index in [1.807, 2.05) is 23.7 Å². The minimum Gasteiger partial charge on any atom is -0.439 e. The van der Waals surface area contributed by atoms with Crippen molar-refractivity contribution in [3.63, 3.8) is 0 Å². The van der Waals surface area contributed by atoms with Gasteiger partial charge in [-0.05, 0) is 6.92 Å². The summed E-state index contributed by atoms with van der Waals surface area (Å²) in [5, 5.41) is 3.06. The second-order valence-electron chi connectivity index (χ2n) is 6.45. The Labute approximate surface area is 162 Å². The Morgan fingerprint density at radius 3 is 2.67 bits per heavy atom. The molecular weight excluding hydrogens is 360 g/mol. The lowest BCUT2D eigenvalue weighted by atomic mass is 10.1. The second kappa shape index (κ2) is 7.79. The van der Waals surface area contributed by atoms with Crippen LogP contribution in [-0.4, -0.2) is 47.0 Å². The number of aryl methyl sites for hydroxylation is 1. The van der Waals surface area contributed by atoms with Gasteiger partial charge in [0.15, 0.2) is 16.9 Å². The molecule has 1 saturated heterocycles. The fourth-order valence-electron chi connectivity index (χ4n) is 2.98. The van der Waals surface area contributed by atoms with Crippen molar-refractivity contribution in [2.24, 2.45) is 10.7 Å². The summed E-state index contributed by atoms with van der Waals surface area (Å²) >= 11 is 1.66. The van der Waals surface area contributed by atoms with Crippen LogP contribution >= 0.6 is 11.3 Å². The third kappa shape index (κ3) is 4.11. The van der Waals surface area contributed by atoms with Crippen LogP contribution in [0.25, 0.3) is 11.3 Å². The number of guanidine groups is 1. The zero-order valence-corrected chi connectivity index (χ0v) is 16.0. The van der Waals surface area contributed by atoms with Crippen LogP contribution in [0.2, 0.25) is 0 Å². The summed E-state index contributed by atoms with van der Waals surface area (Å²) in [6.45, 7) is 5.83. The van der Waals surface area contributed by atoms with Gasteiger partial charge in [-0.2, -0.15) is 0 Å². The zero-order chi connectivity index (χ0) is 18.6. The molecule has 0 spiro atoms. The number of aliphatic imine (C=N–C) groups is 1. The van der Waals surface area contributed by atoms with E-state index < -0.39 is 0 Å². The standard InChI is InChI=1S/C19H22N6OS/c1-14-2-4-15(5-3-14)16-12-22-17(26-16)13-23-18(20)24-7-9-25(10-8-24)19-21-6-11-27-19/h2-6,11-12H,7-10,13H2,1H3,(H2,20,23). The number of nitrogens with two attached hydrogens (primary N) is 1. The van der Waals surface area contributed by atoms with Crippen molar-refractivity contribution in [1.82, 2.24) is 14.9 Å². The molecule has 0 atom stereocenters. The van der Waals surface area contributed by atoms with Crippen LogP contribution in [0.4, 0.5) is 5.13 Å². The quantitative estimate of drug-likeness (QED) is 0.552. The van der Waals surface area contributed by atoms with Crippen LogP contribution in [0, 0.1) is 6.92 Å². The SMILES string of the molecule is Cc1ccc(-c2cnc(CN=C(N)N3CCN(c4nccs4)CC3)o2)cc1. The first-order valence-corrected chi connectivity index (χ1v) is 9.78. The van der Waals surface area contributed by atoms with Crippen molar-refractivity contribution in [1.29, 1.82) is 0 Å². The van der Waals surface area contributed by atoms with Crippen molar-refractivity contribution in [3.8, 4) is 11.3 Å². The zero-order valence-electron chi connectivity index (χ0n) is 15.2. The van der Waals surface area contributed by atoms with Crippen molar-refractivity contribution < 1.29 is 4.42 Å². The smallest absolute Gasteiger partial charge is 0.216 e. The summed E-state index contributed by atoms with van der Waals surface area (Å²) in [4.78, 5) is 17.5. The molecule has 0 aliphatic carbocycles. The van der Waals surface area contributed by atoms with E-state index in [-0.39, 0.29) is 0 Å². The maximum absolute atomic E-state index is 6.17. The van der Waals surface area contributed by atoms with Gasteiger partial charge in [0.2, 0.25) is 5.89 Å². The maximum Gasteiger partial charge on any atom is 0.216 e. The number of oxazole rings is 1. The molecule has 0 radical (unpaired) electrons. The topological polar surface area (TPSA) is 83.8 Å². The Hall–Kier alpha value is -2.87. The predicted octanol–water partition coefficient (Wildman–Crippen LogP) is 2.74. The molecule has 0 bridgehead atoms. The average molecular weight is 382 g/mol. The van der Waals surface area contributed by atoms with E-state index in [1.165, 1.54) is 5.56 Å². The lowest BCUT2D eigenvalue weighted by molar-refractivity contribution is 0.379. The molecule has 0 saturated carbocycles. The molecule has 1 aliphatic rings. The molecule has 4 rings (SSSR count). The molecule has 1 fully saturated rings. The number of benzene rings is 1. The van der Waals surface area contributed by atoms with Crippen LogP contribution in [0.5, 0.6) is 0 Å². The van der Waals surface area contributed by atoms with Crippen LogP contribution in [0.1, 0.15) is 11.5 Å². The molecule has 7 nitrogen and oxygen atoms in total. The summed E-state index contributed by atoms with van der Waals surface area (Å²) < 4.78 is 5.81. The van der Waals surface area contributed by atoms with Crippen LogP contribution in [0.15, 0.2) is 51.4 Å². The average Bonchev–Trinajstić information content (AvgIpc) is 3.39. The second-order valence-corrected chi connectivity index (χ2v) is 7.32. The van der Waals surface area contributed by atoms with Crippen molar-refractivity contribution in [3.05, 3.63) is 53.5 Å². The first kappa shape index (κ1) is 17.5. The van der Waals surface area contributed by atoms with Gasteiger partial charge in [-0.1, -0.05) is 29.8 Å². The summed E-state index contributed by atoms with van der Waals surface area (Å²) in [6, 6.07) is 8.16. The minimum absolute atomic E-state index is 0.338. The van der Waals surface area contributed by atoms with Gasteiger partial charge in [0.05, 0.1) is 6.20 Å². The highest BCUT2D eigenvalue weighted by atomic mass is 32.1. The highest BCUT2D eigenvalue weighted by Gasteiger charge is 2.20. The lowest BCUT2D eigenvalue weighted by Crippen LogP contribution is -2.51. The van der Waals surface area contributed by atoms with E-state index in [1.54, 1.807) is 17.5 Å². The molecule has 1 aliphatic heterocycles. The summed E-state index contributed by atoms with van der Waals surface area (Å²) in [6.07, 6.45) is 3.57. The van der Waals surface area contributed by atoms with Crippen molar-refractivity contribution in [2.75, 3.05) is 31.1 Å². The van der Waals surface area contributed by atoms with E-state index in [4.69, 9.17) is 10.2 Å². The van der Waals surface area contributed by atoms with Crippen LogP contribution in [0.3, 0.4) is 0 Å². The number of aromatic nitrogens is 2. The Morgan fingerprint density at radius 1 is 1.19 bits per heavy atom. The van der Waals surface area contributed by atoms with E-state index in [0.29, 0.717) is 18.4 Å².